The van der Waals surface area contributed by atoms with Gasteiger partial charge in [0.25, 0.3) is 5.91 Å². The summed E-state index contributed by atoms with van der Waals surface area (Å²) in [4.78, 5) is 18.4. The number of carbonyl (C=O) groups is 1. The summed E-state index contributed by atoms with van der Waals surface area (Å²) in [5.41, 5.74) is 3.15. The Kier molecular flexibility index (Phi) is 5.06. The maximum Gasteiger partial charge on any atom is 0.254 e. The third kappa shape index (κ3) is 3.64. The van der Waals surface area contributed by atoms with Crippen LogP contribution in [-0.4, -0.2) is 48.1 Å². The Morgan fingerprint density at radius 3 is 2.61 bits per heavy atom. The molecule has 0 unspecified atom stereocenters. The van der Waals surface area contributed by atoms with Crippen LogP contribution in [0.4, 0.5) is 4.39 Å². The smallest absolute Gasteiger partial charge is 0.254 e. The minimum atomic E-state index is -3.61. The van der Waals surface area contributed by atoms with Gasteiger partial charge in [0.2, 0.25) is 10.0 Å². The molecule has 31 heavy (non-hydrogen) atoms. The van der Waals surface area contributed by atoms with Gasteiger partial charge in [-0.15, -0.1) is 0 Å². The van der Waals surface area contributed by atoms with E-state index < -0.39 is 10.0 Å². The van der Waals surface area contributed by atoms with Crippen LogP contribution in [0.2, 0.25) is 0 Å². The van der Waals surface area contributed by atoms with Gasteiger partial charge in [0.05, 0.1) is 4.90 Å². The fourth-order valence-electron chi connectivity index (χ4n) is 4.59. The molecule has 2 aliphatic rings. The Bertz CT molecular complexity index is 1260. The lowest BCUT2D eigenvalue weighted by Gasteiger charge is -2.28. The van der Waals surface area contributed by atoms with Crippen molar-refractivity contribution in [1.29, 1.82) is 0 Å². The summed E-state index contributed by atoms with van der Waals surface area (Å²) in [5.74, 6) is -0.527. The molecule has 6 nitrogen and oxygen atoms in total. The van der Waals surface area contributed by atoms with Crippen molar-refractivity contribution in [1.82, 2.24) is 14.2 Å². The van der Waals surface area contributed by atoms with Crippen molar-refractivity contribution in [3.8, 4) is 0 Å². The minimum Gasteiger partial charge on any atom is -0.358 e. The molecular weight excluding hydrogens is 417 g/mol. The fraction of sp³-hybridized carbons (Fsp3) is 0.348. The van der Waals surface area contributed by atoms with Crippen LogP contribution in [0.5, 0.6) is 0 Å². The highest BCUT2D eigenvalue weighted by molar-refractivity contribution is 7.89. The number of hydrogen-bond acceptors (Lipinski definition) is 3. The number of nitrogens with zero attached hydrogens (tertiary/aromatic N) is 2. The number of hydrogen-bond donors (Lipinski definition) is 1. The molecule has 0 radical (unpaired) electrons. The minimum absolute atomic E-state index is 0.159. The first-order valence-corrected chi connectivity index (χ1v) is 12.1. The Morgan fingerprint density at radius 2 is 1.81 bits per heavy atom. The molecule has 0 atom stereocenters. The van der Waals surface area contributed by atoms with E-state index in [4.69, 9.17) is 0 Å². The maximum atomic E-state index is 13.8. The largest absolute Gasteiger partial charge is 0.358 e. The lowest BCUT2D eigenvalue weighted by molar-refractivity contribution is 0.0735. The summed E-state index contributed by atoms with van der Waals surface area (Å²) in [5, 5.41) is 0.786. The number of H-pyrrole nitrogens is 1. The van der Waals surface area contributed by atoms with Crippen LogP contribution in [0, 0.1) is 5.82 Å². The topological polar surface area (TPSA) is 73.5 Å². The van der Waals surface area contributed by atoms with Gasteiger partial charge in [-0.25, -0.2) is 12.8 Å². The zero-order valence-corrected chi connectivity index (χ0v) is 17.9. The third-order valence-corrected chi connectivity index (χ3v) is 8.15. The van der Waals surface area contributed by atoms with E-state index in [2.05, 4.69) is 4.98 Å². The van der Waals surface area contributed by atoms with E-state index in [1.54, 1.807) is 29.2 Å². The van der Waals surface area contributed by atoms with E-state index in [0.29, 0.717) is 38.2 Å². The molecule has 162 valence electrons. The van der Waals surface area contributed by atoms with Crippen LogP contribution in [0.3, 0.4) is 0 Å². The third-order valence-electron chi connectivity index (χ3n) is 6.26. The number of piperidine rings is 1. The van der Waals surface area contributed by atoms with Crippen molar-refractivity contribution in [2.45, 2.75) is 37.1 Å². The number of carbonyl (C=O) groups excluding carboxylic acids is 1. The van der Waals surface area contributed by atoms with Gasteiger partial charge in [-0.05, 0) is 49.2 Å². The van der Waals surface area contributed by atoms with Gasteiger partial charge in [-0.1, -0.05) is 12.5 Å². The molecule has 3 heterocycles. The second kappa shape index (κ2) is 7.76. The highest BCUT2D eigenvalue weighted by Gasteiger charge is 2.28. The van der Waals surface area contributed by atoms with Crippen LogP contribution in [-0.2, 0) is 23.0 Å². The van der Waals surface area contributed by atoms with Crippen molar-refractivity contribution in [2.24, 2.45) is 0 Å². The zero-order valence-electron chi connectivity index (χ0n) is 17.1. The average molecular weight is 442 g/mol. The molecule has 0 aliphatic carbocycles. The first kappa shape index (κ1) is 20.2. The van der Waals surface area contributed by atoms with Crippen LogP contribution in [0.25, 0.3) is 10.9 Å². The van der Waals surface area contributed by atoms with Crippen LogP contribution in [0.1, 0.15) is 40.9 Å². The van der Waals surface area contributed by atoms with Gasteiger partial charge >= 0.3 is 0 Å². The molecule has 1 N–H and O–H groups in total. The fourth-order valence-corrected chi connectivity index (χ4v) is 6.15. The molecule has 1 aromatic heterocycles. The predicted octanol–water partition coefficient (Wildman–Crippen LogP) is 3.68. The molecule has 8 heteroatoms. The Hall–Kier alpha value is -2.71. The summed E-state index contributed by atoms with van der Waals surface area (Å²) in [6, 6.07) is 10.9. The van der Waals surface area contributed by atoms with Gasteiger partial charge in [0.1, 0.15) is 5.82 Å². The first-order chi connectivity index (χ1) is 14.9. The normalized spacial score (nSPS) is 17.6. The van der Waals surface area contributed by atoms with E-state index in [-0.39, 0.29) is 16.6 Å². The van der Waals surface area contributed by atoms with Gasteiger partial charge in [0.15, 0.2) is 0 Å². The van der Waals surface area contributed by atoms with Crippen LogP contribution < -0.4 is 0 Å². The van der Waals surface area contributed by atoms with E-state index in [0.717, 1.165) is 41.4 Å². The number of rotatable bonds is 3. The number of halogens is 1. The molecule has 2 aliphatic heterocycles. The Morgan fingerprint density at radius 1 is 1.00 bits per heavy atom. The molecule has 5 rings (SSSR count). The van der Waals surface area contributed by atoms with Crippen molar-refractivity contribution in [3.63, 3.8) is 0 Å². The number of sulfonamides is 1. The first-order valence-electron chi connectivity index (χ1n) is 10.6. The Balaban J connectivity index is 1.42. The number of fused-ring (bicyclic) bond motifs is 3. The molecule has 0 bridgehead atoms. The van der Waals surface area contributed by atoms with Gasteiger partial charge in [-0.3, -0.25) is 4.79 Å². The predicted molar refractivity (Wildman–Crippen MR) is 116 cm³/mol. The van der Waals surface area contributed by atoms with Gasteiger partial charge < -0.3 is 9.88 Å². The highest BCUT2D eigenvalue weighted by atomic mass is 32.2. The zero-order chi connectivity index (χ0) is 21.6. The number of nitrogens with one attached hydrogen (secondary N) is 1. The van der Waals surface area contributed by atoms with Crippen LogP contribution in [0.15, 0.2) is 47.4 Å². The van der Waals surface area contributed by atoms with Crippen molar-refractivity contribution in [3.05, 3.63) is 65.1 Å². The van der Waals surface area contributed by atoms with E-state index in [1.165, 1.54) is 22.5 Å². The molecule has 2 aromatic carbocycles. The van der Waals surface area contributed by atoms with Crippen molar-refractivity contribution >= 4 is 26.8 Å². The molecule has 1 saturated heterocycles. The van der Waals surface area contributed by atoms with Gasteiger partial charge in [0, 0.05) is 60.3 Å². The molecule has 1 fully saturated rings. The Labute approximate surface area is 180 Å². The summed E-state index contributed by atoms with van der Waals surface area (Å²) < 4.78 is 41.3. The quantitative estimate of drug-likeness (QED) is 0.674. The van der Waals surface area contributed by atoms with Crippen molar-refractivity contribution < 1.29 is 17.6 Å². The second-order valence-corrected chi connectivity index (χ2v) is 10.2. The van der Waals surface area contributed by atoms with E-state index in [1.807, 2.05) is 0 Å². The van der Waals surface area contributed by atoms with E-state index in [9.17, 15) is 17.6 Å². The average Bonchev–Trinajstić information content (AvgIpc) is 3.16. The lowest BCUT2D eigenvalue weighted by Crippen LogP contribution is -2.37. The summed E-state index contributed by atoms with van der Waals surface area (Å²) in [6.07, 6.45) is 3.40. The van der Waals surface area contributed by atoms with E-state index >= 15 is 0 Å². The lowest BCUT2D eigenvalue weighted by atomic mass is 10.0. The monoisotopic (exact) mass is 441 g/mol. The standard InChI is InChI=1S/C23H24FN3O3S/c24-17-7-8-21-19(14-17)20-15-26(12-9-22(20)25-21)23(28)16-5-4-6-18(13-16)31(29,30)27-10-2-1-3-11-27/h4-8,13-14,25H,1-3,9-12,15H2. The molecule has 0 saturated carbocycles. The molecule has 1 amide bonds. The molecule has 3 aromatic rings. The maximum absolute atomic E-state index is 13.8. The summed E-state index contributed by atoms with van der Waals surface area (Å²) in [7, 11) is -3.61. The van der Waals surface area contributed by atoms with Gasteiger partial charge in [-0.2, -0.15) is 4.31 Å². The highest BCUT2D eigenvalue weighted by Crippen LogP contribution is 2.29. The van der Waals surface area contributed by atoms with Crippen molar-refractivity contribution in [2.75, 3.05) is 19.6 Å². The summed E-state index contributed by atoms with van der Waals surface area (Å²) in [6.45, 7) is 1.92. The van der Waals surface area contributed by atoms with Crippen LogP contribution >= 0.6 is 0 Å². The number of aromatic amines is 1. The second-order valence-electron chi connectivity index (χ2n) is 8.24. The molecule has 0 spiro atoms. The number of benzene rings is 2. The number of aromatic nitrogens is 1. The number of amides is 1. The molecular formula is C23H24FN3O3S. The SMILES string of the molecule is O=C(c1cccc(S(=O)(=O)N2CCCCC2)c1)N1CCc2[nH]c3ccc(F)cc3c2C1. The summed E-state index contributed by atoms with van der Waals surface area (Å²) >= 11 is 0.